The first kappa shape index (κ1) is 13.7. The van der Waals surface area contributed by atoms with E-state index in [4.69, 9.17) is 14.2 Å². The fourth-order valence-electron chi connectivity index (χ4n) is 2.31. The Balaban J connectivity index is 2.00. The van der Waals surface area contributed by atoms with Crippen LogP contribution < -0.4 is 9.47 Å². The summed E-state index contributed by atoms with van der Waals surface area (Å²) in [5, 5.41) is 0. The van der Waals surface area contributed by atoms with Gasteiger partial charge in [-0.2, -0.15) is 0 Å². The van der Waals surface area contributed by atoms with Gasteiger partial charge in [-0.3, -0.25) is 0 Å². The van der Waals surface area contributed by atoms with Crippen molar-refractivity contribution in [3.8, 4) is 11.5 Å². The summed E-state index contributed by atoms with van der Waals surface area (Å²) in [7, 11) is 3.43. The fourth-order valence-corrected chi connectivity index (χ4v) is 2.76. The van der Waals surface area contributed by atoms with Gasteiger partial charge >= 0.3 is 0 Å². The quantitative estimate of drug-likeness (QED) is 0.846. The predicted molar refractivity (Wildman–Crippen MR) is 74.4 cm³/mol. The lowest BCUT2D eigenvalue weighted by Gasteiger charge is -2.29. The molecule has 18 heavy (non-hydrogen) atoms. The molecular formula is C14H19BrO3. The standard InChI is InChI=1S/C14H19BrO3/c1-16-10-4-3-5-12(8-10)18-14-7-6-11(17-2)9-13(14)15/h6-7,9-10,12H,3-5,8H2,1-2H3. The summed E-state index contributed by atoms with van der Waals surface area (Å²) >= 11 is 3.51. The van der Waals surface area contributed by atoms with Crippen molar-refractivity contribution in [2.75, 3.05) is 14.2 Å². The van der Waals surface area contributed by atoms with Crippen LogP contribution in [0.3, 0.4) is 0 Å². The molecule has 0 aliphatic heterocycles. The van der Waals surface area contributed by atoms with E-state index >= 15 is 0 Å². The largest absolute Gasteiger partial charge is 0.497 e. The first-order chi connectivity index (χ1) is 8.72. The molecule has 0 N–H and O–H groups in total. The van der Waals surface area contributed by atoms with Crippen LogP contribution in [0.1, 0.15) is 25.7 Å². The van der Waals surface area contributed by atoms with Crippen LogP contribution in [0, 0.1) is 0 Å². The number of benzene rings is 1. The van der Waals surface area contributed by atoms with E-state index in [2.05, 4.69) is 15.9 Å². The van der Waals surface area contributed by atoms with Crippen LogP contribution in [0.2, 0.25) is 0 Å². The number of halogens is 1. The molecule has 1 aliphatic rings. The SMILES string of the molecule is COc1ccc(OC2CCCC(OC)C2)c(Br)c1. The van der Waals surface area contributed by atoms with E-state index in [1.807, 2.05) is 18.2 Å². The van der Waals surface area contributed by atoms with Crippen molar-refractivity contribution in [2.24, 2.45) is 0 Å². The first-order valence-electron chi connectivity index (χ1n) is 6.26. The van der Waals surface area contributed by atoms with Gasteiger partial charge in [-0.1, -0.05) is 0 Å². The number of methoxy groups -OCH3 is 2. The Bertz CT molecular complexity index is 395. The normalized spacial score (nSPS) is 23.7. The van der Waals surface area contributed by atoms with Crippen LogP contribution in [0.25, 0.3) is 0 Å². The molecule has 1 fully saturated rings. The Morgan fingerprint density at radius 2 is 1.94 bits per heavy atom. The minimum atomic E-state index is 0.244. The zero-order valence-corrected chi connectivity index (χ0v) is 12.4. The van der Waals surface area contributed by atoms with Crippen LogP contribution in [0.5, 0.6) is 11.5 Å². The second-order valence-corrected chi connectivity index (χ2v) is 5.41. The summed E-state index contributed by atoms with van der Waals surface area (Å²) < 4.78 is 17.6. The van der Waals surface area contributed by atoms with E-state index in [-0.39, 0.29) is 6.10 Å². The van der Waals surface area contributed by atoms with Gasteiger partial charge < -0.3 is 14.2 Å². The monoisotopic (exact) mass is 314 g/mol. The zero-order valence-electron chi connectivity index (χ0n) is 10.8. The fraction of sp³-hybridized carbons (Fsp3) is 0.571. The topological polar surface area (TPSA) is 27.7 Å². The summed E-state index contributed by atoms with van der Waals surface area (Å²) in [4.78, 5) is 0. The number of hydrogen-bond donors (Lipinski definition) is 0. The Morgan fingerprint density at radius 1 is 1.17 bits per heavy atom. The van der Waals surface area contributed by atoms with Crippen molar-refractivity contribution in [3.05, 3.63) is 22.7 Å². The minimum Gasteiger partial charge on any atom is -0.497 e. The van der Waals surface area contributed by atoms with E-state index in [1.165, 1.54) is 0 Å². The Labute approximate surface area is 117 Å². The number of rotatable bonds is 4. The predicted octanol–water partition coefficient (Wildman–Crippen LogP) is 3.79. The molecule has 2 atom stereocenters. The van der Waals surface area contributed by atoms with Gasteiger partial charge in [0.05, 0.1) is 17.7 Å². The maximum atomic E-state index is 6.04. The molecule has 0 bridgehead atoms. The van der Waals surface area contributed by atoms with Gasteiger partial charge in [-0.25, -0.2) is 0 Å². The molecule has 1 saturated carbocycles. The van der Waals surface area contributed by atoms with E-state index in [0.717, 1.165) is 41.7 Å². The maximum Gasteiger partial charge on any atom is 0.134 e. The highest BCUT2D eigenvalue weighted by molar-refractivity contribution is 9.10. The smallest absolute Gasteiger partial charge is 0.134 e. The molecule has 0 saturated heterocycles. The molecule has 1 aromatic carbocycles. The molecule has 0 amide bonds. The molecule has 2 unspecified atom stereocenters. The molecule has 4 heteroatoms. The summed E-state index contributed by atoms with van der Waals surface area (Å²) in [6.45, 7) is 0. The number of ether oxygens (including phenoxy) is 3. The van der Waals surface area contributed by atoms with Gasteiger partial charge in [-0.05, 0) is 53.4 Å². The van der Waals surface area contributed by atoms with Crippen LogP contribution in [-0.4, -0.2) is 26.4 Å². The second-order valence-electron chi connectivity index (χ2n) is 4.56. The summed E-state index contributed by atoms with van der Waals surface area (Å²) in [5.41, 5.74) is 0. The first-order valence-corrected chi connectivity index (χ1v) is 7.05. The lowest BCUT2D eigenvalue weighted by Crippen LogP contribution is -2.29. The molecular weight excluding hydrogens is 296 g/mol. The van der Waals surface area contributed by atoms with Crippen molar-refractivity contribution < 1.29 is 14.2 Å². The lowest BCUT2D eigenvalue weighted by molar-refractivity contribution is 0.0207. The van der Waals surface area contributed by atoms with E-state index in [1.54, 1.807) is 14.2 Å². The highest BCUT2D eigenvalue weighted by atomic mass is 79.9. The molecule has 1 aliphatic carbocycles. The van der Waals surface area contributed by atoms with E-state index in [9.17, 15) is 0 Å². The molecule has 0 aromatic heterocycles. The van der Waals surface area contributed by atoms with Crippen LogP contribution in [0.4, 0.5) is 0 Å². The molecule has 1 aromatic rings. The van der Waals surface area contributed by atoms with E-state index in [0.29, 0.717) is 6.10 Å². The van der Waals surface area contributed by atoms with Crippen LogP contribution >= 0.6 is 15.9 Å². The third kappa shape index (κ3) is 3.39. The highest BCUT2D eigenvalue weighted by Gasteiger charge is 2.23. The van der Waals surface area contributed by atoms with E-state index < -0.39 is 0 Å². The Kier molecular flexibility index (Phi) is 4.89. The second kappa shape index (κ2) is 6.43. The van der Waals surface area contributed by atoms with Crippen molar-refractivity contribution in [1.82, 2.24) is 0 Å². The van der Waals surface area contributed by atoms with Crippen molar-refractivity contribution in [3.63, 3.8) is 0 Å². The minimum absolute atomic E-state index is 0.244. The van der Waals surface area contributed by atoms with Crippen molar-refractivity contribution >= 4 is 15.9 Å². The van der Waals surface area contributed by atoms with Gasteiger partial charge in [0.15, 0.2) is 0 Å². The van der Waals surface area contributed by atoms with Gasteiger partial charge in [0, 0.05) is 13.5 Å². The molecule has 2 rings (SSSR count). The third-order valence-corrected chi connectivity index (χ3v) is 3.96. The molecule has 0 heterocycles. The zero-order chi connectivity index (χ0) is 13.0. The summed E-state index contributed by atoms with van der Waals surface area (Å²) in [5.74, 6) is 1.70. The summed E-state index contributed by atoms with van der Waals surface area (Å²) in [6, 6.07) is 5.78. The van der Waals surface area contributed by atoms with Crippen LogP contribution in [0.15, 0.2) is 22.7 Å². The number of hydrogen-bond acceptors (Lipinski definition) is 3. The molecule has 100 valence electrons. The third-order valence-electron chi connectivity index (χ3n) is 3.34. The molecule has 0 spiro atoms. The van der Waals surface area contributed by atoms with Gasteiger partial charge in [0.1, 0.15) is 17.6 Å². The van der Waals surface area contributed by atoms with Gasteiger partial charge in [0.2, 0.25) is 0 Å². The van der Waals surface area contributed by atoms with Gasteiger partial charge in [-0.15, -0.1) is 0 Å². The Morgan fingerprint density at radius 3 is 2.61 bits per heavy atom. The lowest BCUT2D eigenvalue weighted by atomic mass is 9.95. The van der Waals surface area contributed by atoms with Crippen LogP contribution in [-0.2, 0) is 4.74 Å². The molecule has 0 radical (unpaired) electrons. The van der Waals surface area contributed by atoms with Crippen molar-refractivity contribution in [2.45, 2.75) is 37.9 Å². The maximum absolute atomic E-state index is 6.04. The Hall–Kier alpha value is -0.740. The van der Waals surface area contributed by atoms with Crippen molar-refractivity contribution in [1.29, 1.82) is 0 Å². The average molecular weight is 315 g/mol. The highest BCUT2D eigenvalue weighted by Crippen LogP contribution is 2.32. The molecule has 3 nitrogen and oxygen atoms in total. The summed E-state index contributed by atoms with van der Waals surface area (Å²) in [6.07, 6.45) is 4.94. The average Bonchev–Trinajstić information content (AvgIpc) is 2.41. The van der Waals surface area contributed by atoms with Gasteiger partial charge in [0.25, 0.3) is 0 Å².